The lowest BCUT2D eigenvalue weighted by Crippen LogP contribution is -2.36. The highest BCUT2D eigenvalue weighted by Gasteiger charge is 2.20. The van der Waals surface area contributed by atoms with Gasteiger partial charge in [0.2, 0.25) is 5.78 Å². The van der Waals surface area contributed by atoms with Crippen LogP contribution in [0.2, 0.25) is 0 Å². The molecule has 1 aromatic heterocycles. The van der Waals surface area contributed by atoms with Crippen molar-refractivity contribution in [3.05, 3.63) is 102 Å². The standard InChI is InChI=1S/C19H15BrN2O3/c1-12-16(17(23)14-5-3-2-4-6-14)22(19(25)21-18(12)24)11-13-7-9-15(20)10-8-13/h2-10H,11H2,1H3,(H,21,24,25). The maximum atomic E-state index is 12.9. The van der Waals surface area contributed by atoms with Crippen LogP contribution in [0, 0.1) is 6.92 Å². The average Bonchev–Trinajstić information content (AvgIpc) is 2.62. The van der Waals surface area contributed by atoms with Gasteiger partial charge in [-0.1, -0.05) is 58.4 Å². The lowest BCUT2D eigenvalue weighted by atomic mass is 10.0. The zero-order chi connectivity index (χ0) is 18.0. The number of hydrogen-bond acceptors (Lipinski definition) is 3. The molecule has 0 aliphatic carbocycles. The SMILES string of the molecule is Cc1c(C(=O)c2ccccc2)n(Cc2ccc(Br)cc2)c(=O)[nH]c1=O. The maximum Gasteiger partial charge on any atom is 0.329 e. The minimum absolute atomic E-state index is 0.114. The number of rotatable bonds is 4. The summed E-state index contributed by atoms with van der Waals surface area (Å²) in [5, 5.41) is 0. The first-order chi connectivity index (χ1) is 12.0. The molecule has 0 spiro atoms. The topological polar surface area (TPSA) is 71.9 Å². The van der Waals surface area contributed by atoms with Gasteiger partial charge in [0.25, 0.3) is 5.56 Å². The van der Waals surface area contributed by atoms with Crippen molar-refractivity contribution in [3.8, 4) is 0 Å². The number of aromatic nitrogens is 2. The highest BCUT2D eigenvalue weighted by molar-refractivity contribution is 9.10. The van der Waals surface area contributed by atoms with Crippen molar-refractivity contribution in [2.75, 3.05) is 0 Å². The fourth-order valence-corrected chi connectivity index (χ4v) is 2.88. The Morgan fingerprint density at radius 1 is 1.04 bits per heavy atom. The molecule has 3 rings (SSSR count). The van der Waals surface area contributed by atoms with Gasteiger partial charge in [-0.2, -0.15) is 0 Å². The number of carbonyl (C=O) groups is 1. The molecule has 0 fully saturated rings. The minimum atomic E-state index is -0.599. The maximum absolute atomic E-state index is 12.9. The fraction of sp³-hybridized carbons (Fsp3) is 0.105. The summed E-state index contributed by atoms with van der Waals surface area (Å²) in [7, 11) is 0. The summed E-state index contributed by atoms with van der Waals surface area (Å²) in [6, 6.07) is 16.0. The molecule has 0 aliphatic rings. The van der Waals surface area contributed by atoms with E-state index in [1.165, 1.54) is 4.57 Å². The van der Waals surface area contributed by atoms with E-state index in [1.54, 1.807) is 37.3 Å². The van der Waals surface area contributed by atoms with Gasteiger partial charge in [-0.3, -0.25) is 19.1 Å². The molecule has 1 heterocycles. The zero-order valence-corrected chi connectivity index (χ0v) is 15.0. The normalized spacial score (nSPS) is 10.6. The Morgan fingerprint density at radius 3 is 2.32 bits per heavy atom. The van der Waals surface area contributed by atoms with E-state index in [1.807, 2.05) is 24.3 Å². The van der Waals surface area contributed by atoms with Gasteiger partial charge in [-0.15, -0.1) is 0 Å². The van der Waals surface area contributed by atoms with Crippen LogP contribution in [0.1, 0.15) is 27.2 Å². The Morgan fingerprint density at radius 2 is 1.68 bits per heavy atom. The van der Waals surface area contributed by atoms with Gasteiger partial charge in [-0.25, -0.2) is 4.79 Å². The predicted molar refractivity (Wildman–Crippen MR) is 99.2 cm³/mol. The van der Waals surface area contributed by atoms with E-state index >= 15 is 0 Å². The lowest BCUT2D eigenvalue weighted by Gasteiger charge is -2.14. The van der Waals surface area contributed by atoms with Crippen molar-refractivity contribution in [3.63, 3.8) is 0 Å². The molecule has 2 aromatic carbocycles. The first kappa shape index (κ1) is 17.1. The molecule has 0 saturated heterocycles. The van der Waals surface area contributed by atoms with Crippen molar-refractivity contribution in [2.45, 2.75) is 13.5 Å². The third kappa shape index (κ3) is 3.53. The van der Waals surface area contributed by atoms with Gasteiger partial charge in [-0.05, 0) is 24.6 Å². The van der Waals surface area contributed by atoms with Crippen LogP contribution < -0.4 is 11.2 Å². The van der Waals surface area contributed by atoms with E-state index in [2.05, 4.69) is 20.9 Å². The highest BCUT2D eigenvalue weighted by atomic mass is 79.9. The van der Waals surface area contributed by atoms with E-state index in [4.69, 9.17) is 0 Å². The molecular weight excluding hydrogens is 384 g/mol. The fourth-order valence-electron chi connectivity index (χ4n) is 2.61. The Balaban J connectivity index is 2.16. The first-order valence-corrected chi connectivity index (χ1v) is 8.44. The molecule has 6 heteroatoms. The van der Waals surface area contributed by atoms with Gasteiger partial charge >= 0.3 is 5.69 Å². The van der Waals surface area contributed by atoms with Gasteiger partial charge < -0.3 is 0 Å². The van der Waals surface area contributed by atoms with E-state index < -0.39 is 11.2 Å². The van der Waals surface area contributed by atoms with Crippen LogP contribution in [0.4, 0.5) is 0 Å². The summed E-state index contributed by atoms with van der Waals surface area (Å²) in [5.41, 5.74) is 0.474. The van der Waals surface area contributed by atoms with Crippen LogP contribution >= 0.6 is 15.9 Å². The number of nitrogens with zero attached hydrogens (tertiary/aromatic N) is 1. The van der Waals surface area contributed by atoms with Crippen molar-refractivity contribution >= 4 is 21.7 Å². The number of nitrogens with one attached hydrogen (secondary N) is 1. The number of aromatic amines is 1. The summed E-state index contributed by atoms with van der Waals surface area (Å²) in [5.74, 6) is -0.349. The summed E-state index contributed by atoms with van der Waals surface area (Å²) in [4.78, 5) is 39.6. The van der Waals surface area contributed by atoms with Crippen molar-refractivity contribution in [2.24, 2.45) is 0 Å². The van der Waals surface area contributed by atoms with Crippen LogP contribution in [0.5, 0.6) is 0 Å². The van der Waals surface area contributed by atoms with Gasteiger partial charge in [0.1, 0.15) is 5.69 Å². The number of carbonyl (C=O) groups excluding carboxylic acids is 1. The molecule has 5 nitrogen and oxygen atoms in total. The molecule has 0 radical (unpaired) electrons. The lowest BCUT2D eigenvalue weighted by molar-refractivity contribution is 0.102. The smallest absolute Gasteiger partial charge is 0.287 e. The molecular formula is C19H15BrN2O3. The minimum Gasteiger partial charge on any atom is -0.287 e. The molecule has 0 amide bonds. The van der Waals surface area contributed by atoms with Crippen LogP contribution in [0.25, 0.3) is 0 Å². The molecule has 0 atom stereocenters. The van der Waals surface area contributed by atoms with Gasteiger partial charge in [0.05, 0.1) is 6.54 Å². The number of benzene rings is 2. The Bertz CT molecular complexity index is 1040. The quantitative estimate of drug-likeness (QED) is 0.686. The summed E-state index contributed by atoms with van der Waals surface area (Å²) < 4.78 is 2.23. The molecule has 25 heavy (non-hydrogen) atoms. The molecule has 0 unspecified atom stereocenters. The molecule has 1 N–H and O–H groups in total. The number of halogens is 1. The van der Waals surface area contributed by atoms with Crippen molar-refractivity contribution in [1.29, 1.82) is 0 Å². The van der Waals surface area contributed by atoms with Crippen molar-refractivity contribution in [1.82, 2.24) is 9.55 Å². The third-order valence-corrected chi connectivity index (χ3v) is 4.46. The molecule has 126 valence electrons. The molecule has 0 saturated carbocycles. The predicted octanol–water partition coefficient (Wildman–Crippen LogP) is 2.89. The number of ketones is 1. The zero-order valence-electron chi connectivity index (χ0n) is 13.5. The molecule has 3 aromatic rings. The van der Waals surface area contributed by atoms with Crippen molar-refractivity contribution < 1.29 is 4.79 Å². The van der Waals surface area contributed by atoms with Crippen LogP contribution in [0.15, 0.2) is 68.7 Å². The van der Waals surface area contributed by atoms with E-state index in [0.29, 0.717) is 5.56 Å². The van der Waals surface area contributed by atoms with Crippen LogP contribution in [0.3, 0.4) is 0 Å². The second-order valence-electron chi connectivity index (χ2n) is 5.64. The number of H-pyrrole nitrogens is 1. The molecule has 0 bridgehead atoms. The second kappa shape index (κ2) is 7.03. The summed E-state index contributed by atoms with van der Waals surface area (Å²) >= 11 is 3.36. The summed E-state index contributed by atoms with van der Waals surface area (Å²) in [6.07, 6.45) is 0. The second-order valence-corrected chi connectivity index (χ2v) is 6.56. The average molecular weight is 399 g/mol. The van der Waals surface area contributed by atoms with Crippen LogP contribution in [-0.2, 0) is 6.54 Å². The van der Waals surface area contributed by atoms with E-state index in [-0.39, 0.29) is 23.6 Å². The Hall–Kier alpha value is -2.73. The van der Waals surface area contributed by atoms with Crippen LogP contribution in [-0.4, -0.2) is 15.3 Å². The Labute approximate surface area is 152 Å². The molecule has 0 aliphatic heterocycles. The monoisotopic (exact) mass is 398 g/mol. The van der Waals surface area contributed by atoms with E-state index in [9.17, 15) is 14.4 Å². The Kier molecular flexibility index (Phi) is 4.81. The third-order valence-electron chi connectivity index (χ3n) is 3.94. The van der Waals surface area contributed by atoms with Gasteiger partial charge in [0.15, 0.2) is 0 Å². The van der Waals surface area contributed by atoms with E-state index in [0.717, 1.165) is 10.0 Å². The largest absolute Gasteiger partial charge is 0.329 e. The number of hydrogen-bond donors (Lipinski definition) is 1. The highest BCUT2D eigenvalue weighted by Crippen LogP contribution is 2.14. The van der Waals surface area contributed by atoms with Gasteiger partial charge in [0, 0.05) is 15.6 Å². The summed E-state index contributed by atoms with van der Waals surface area (Å²) in [6.45, 7) is 1.74. The first-order valence-electron chi connectivity index (χ1n) is 7.65.